The standard InChI is InChI=1S/C23H36BNO4/c1-14-15(2)19-17(16(3)18(14)26)9-10-23(8,29-19)20(27)25-22(6,7)13-28-12-21(4,5)11-24/h26H,9-13H2,1-8H3,(H,25,27). The highest BCUT2D eigenvalue weighted by molar-refractivity contribution is 6.08. The number of amides is 1. The van der Waals surface area contributed by atoms with Crippen LogP contribution in [-0.2, 0) is 16.0 Å². The molecule has 160 valence electrons. The maximum absolute atomic E-state index is 13.1. The van der Waals surface area contributed by atoms with Crippen LogP contribution in [0, 0.1) is 26.2 Å². The van der Waals surface area contributed by atoms with Gasteiger partial charge in [0.15, 0.2) is 5.60 Å². The van der Waals surface area contributed by atoms with Crippen molar-refractivity contribution in [2.24, 2.45) is 5.41 Å². The molecule has 1 aromatic rings. The fourth-order valence-electron chi connectivity index (χ4n) is 3.52. The van der Waals surface area contributed by atoms with Crippen LogP contribution in [0.4, 0.5) is 0 Å². The zero-order chi connectivity index (χ0) is 22.2. The molecule has 2 radical (unpaired) electrons. The Morgan fingerprint density at radius 2 is 1.79 bits per heavy atom. The molecule has 0 aliphatic carbocycles. The summed E-state index contributed by atoms with van der Waals surface area (Å²) in [5, 5.41) is 13.4. The average Bonchev–Trinajstić information content (AvgIpc) is 2.63. The van der Waals surface area contributed by atoms with Crippen molar-refractivity contribution < 1.29 is 19.4 Å². The molecular weight excluding hydrogens is 365 g/mol. The number of rotatable bonds is 7. The number of aromatic hydroxyl groups is 1. The summed E-state index contributed by atoms with van der Waals surface area (Å²) < 4.78 is 12.1. The lowest BCUT2D eigenvalue weighted by atomic mass is 9.80. The van der Waals surface area contributed by atoms with E-state index in [2.05, 4.69) is 19.2 Å². The van der Waals surface area contributed by atoms with Gasteiger partial charge >= 0.3 is 0 Å². The van der Waals surface area contributed by atoms with E-state index in [4.69, 9.17) is 17.3 Å². The molecule has 0 saturated carbocycles. The first-order valence-electron chi connectivity index (χ1n) is 10.3. The van der Waals surface area contributed by atoms with Gasteiger partial charge in [-0.25, -0.2) is 0 Å². The number of phenolic OH excluding ortho intramolecular Hbond substituents is 1. The van der Waals surface area contributed by atoms with Crippen molar-refractivity contribution in [2.75, 3.05) is 13.2 Å². The Balaban J connectivity index is 2.12. The summed E-state index contributed by atoms with van der Waals surface area (Å²) >= 11 is 0. The fourth-order valence-corrected chi connectivity index (χ4v) is 3.52. The molecule has 0 bridgehead atoms. The Bertz CT molecular complexity index is 788. The first-order chi connectivity index (χ1) is 13.2. The molecule has 0 saturated heterocycles. The third-order valence-corrected chi connectivity index (χ3v) is 5.96. The van der Waals surface area contributed by atoms with E-state index in [0.29, 0.717) is 38.1 Å². The van der Waals surface area contributed by atoms with Gasteiger partial charge in [-0.05, 0) is 70.1 Å². The van der Waals surface area contributed by atoms with Crippen molar-refractivity contribution in [3.63, 3.8) is 0 Å². The van der Waals surface area contributed by atoms with E-state index < -0.39 is 11.1 Å². The highest BCUT2D eigenvalue weighted by Crippen LogP contribution is 2.43. The second-order valence-electron chi connectivity index (χ2n) is 10.1. The molecule has 1 aliphatic rings. The summed E-state index contributed by atoms with van der Waals surface area (Å²) in [4.78, 5) is 13.1. The third kappa shape index (κ3) is 5.08. The van der Waals surface area contributed by atoms with Gasteiger partial charge in [0, 0.05) is 12.0 Å². The molecule has 5 nitrogen and oxygen atoms in total. The van der Waals surface area contributed by atoms with Gasteiger partial charge in [-0.1, -0.05) is 20.2 Å². The summed E-state index contributed by atoms with van der Waals surface area (Å²) in [6.07, 6.45) is 1.77. The number of nitrogens with one attached hydrogen (secondary N) is 1. The predicted octanol–water partition coefficient (Wildman–Crippen LogP) is 3.93. The number of carbonyl (C=O) groups excluding carboxylic acids is 1. The zero-order valence-electron chi connectivity index (χ0n) is 19.3. The number of benzene rings is 1. The Morgan fingerprint density at radius 1 is 1.17 bits per heavy atom. The van der Waals surface area contributed by atoms with Crippen molar-refractivity contribution in [2.45, 2.75) is 85.7 Å². The molecule has 1 amide bonds. The maximum Gasteiger partial charge on any atom is 0.264 e. The monoisotopic (exact) mass is 401 g/mol. The van der Waals surface area contributed by atoms with Crippen molar-refractivity contribution in [3.05, 3.63) is 22.3 Å². The lowest BCUT2D eigenvalue weighted by Gasteiger charge is -2.39. The number of hydrogen-bond acceptors (Lipinski definition) is 4. The second-order valence-corrected chi connectivity index (χ2v) is 10.1. The number of phenols is 1. The first kappa shape index (κ1) is 23.6. The van der Waals surface area contributed by atoms with Crippen LogP contribution in [0.15, 0.2) is 0 Å². The van der Waals surface area contributed by atoms with Crippen LogP contribution in [0.1, 0.15) is 63.3 Å². The van der Waals surface area contributed by atoms with Gasteiger partial charge in [0.1, 0.15) is 11.5 Å². The summed E-state index contributed by atoms with van der Waals surface area (Å²) in [6.45, 7) is 16.4. The SMILES string of the molecule is [B]CC(C)(C)COCC(C)(C)NC(=O)C1(C)CCc2c(C)c(O)c(C)c(C)c2O1. The fraction of sp³-hybridized carbons (Fsp3) is 0.696. The van der Waals surface area contributed by atoms with Crippen LogP contribution in [-0.4, -0.2) is 43.2 Å². The van der Waals surface area contributed by atoms with Gasteiger partial charge in [0.25, 0.3) is 5.91 Å². The van der Waals surface area contributed by atoms with Gasteiger partial charge in [-0.15, -0.1) is 0 Å². The Kier molecular flexibility index (Phi) is 6.68. The minimum Gasteiger partial charge on any atom is -0.507 e. The molecule has 0 fully saturated rings. The highest BCUT2D eigenvalue weighted by Gasteiger charge is 2.42. The minimum absolute atomic E-state index is 0.0962. The molecular formula is C23H36BNO4. The van der Waals surface area contributed by atoms with Crippen LogP contribution in [0.3, 0.4) is 0 Å². The highest BCUT2D eigenvalue weighted by atomic mass is 16.5. The molecule has 1 unspecified atom stereocenters. The summed E-state index contributed by atoms with van der Waals surface area (Å²) in [5.41, 5.74) is 1.90. The van der Waals surface area contributed by atoms with Crippen molar-refractivity contribution in [1.82, 2.24) is 5.32 Å². The minimum atomic E-state index is -0.971. The summed E-state index contributed by atoms with van der Waals surface area (Å²) in [7, 11) is 5.75. The maximum atomic E-state index is 13.1. The summed E-state index contributed by atoms with van der Waals surface area (Å²) in [5.74, 6) is 0.884. The topological polar surface area (TPSA) is 67.8 Å². The summed E-state index contributed by atoms with van der Waals surface area (Å²) in [6, 6.07) is 0. The van der Waals surface area contributed by atoms with Gasteiger partial charge in [0.2, 0.25) is 0 Å². The second kappa shape index (κ2) is 8.21. The van der Waals surface area contributed by atoms with Crippen LogP contribution in [0.5, 0.6) is 11.5 Å². The van der Waals surface area contributed by atoms with Crippen molar-refractivity contribution >= 4 is 13.8 Å². The molecule has 6 heteroatoms. The van der Waals surface area contributed by atoms with Crippen LogP contribution in [0.2, 0.25) is 6.32 Å². The smallest absolute Gasteiger partial charge is 0.264 e. The van der Waals surface area contributed by atoms with Crippen LogP contribution < -0.4 is 10.1 Å². The molecule has 1 aliphatic heterocycles. The molecule has 0 aromatic heterocycles. The normalized spacial score (nSPS) is 19.4. The Morgan fingerprint density at radius 3 is 2.38 bits per heavy atom. The lowest BCUT2D eigenvalue weighted by Crippen LogP contribution is -2.58. The van der Waals surface area contributed by atoms with Crippen LogP contribution in [0.25, 0.3) is 0 Å². The van der Waals surface area contributed by atoms with E-state index in [1.165, 1.54) is 0 Å². The van der Waals surface area contributed by atoms with E-state index in [1.807, 2.05) is 41.5 Å². The van der Waals surface area contributed by atoms with E-state index in [0.717, 1.165) is 28.0 Å². The largest absolute Gasteiger partial charge is 0.507 e. The lowest BCUT2D eigenvalue weighted by molar-refractivity contribution is -0.139. The van der Waals surface area contributed by atoms with Crippen molar-refractivity contribution in [3.8, 4) is 11.5 Å². The molecule has 1 atom stereocenters. The van der Waals surface area contributed by atoms with Gasteiger partial charge in [0.05, 0.1) is 26.6 Å². The van der Waals surface area contributed by atoms with E-state index in [1.54, 1.807) is 0 Å². The quantitative estimate of drug-likeness (QED) is 0.680. The van der Waals surface area contributed by atoms with Crippen molar-refractivity contribution in [1.29, 1.82) is 0 Å². The average molecular weight is 401 g/mol. The van der Waals surface area contributed by atoms with Gasteiger partial charge in [-0.2, -0.15) is 0 Å². The molecule has 1 aromatic carbocycles. The Labute approximate surface area is 177 Å². The molecule has 1 heterocycles. The van der Waals surface area contributed by atoms with Gasteiger partial charge in [-0.3, -0.25) is 4.79 Å². The zero-order valence-corrected chi connectivity index (χ0v) is 19.3. The van der Waals surface area contributed by atoms with Gasteiger partial charge < -0.3 is 19.9 Å². The number of ether oxygens (including phenoxy) is 2. The number of hydrogen-bond donors (Lipinski definition) is 2. The van der Waals surface area contributed by atoms with E-state index in [9.17, 15) is 9.90 Å². The van der Waals surface area contributed by atoms with Crippen LogP contribution >= 0.6 is 0 Å². The molecule has 29 heavy (non-hydrogen) atoms. The third-order valence-electron chi connectivity index (χ3n) is 5.96. The number of carbonyl (C=O) groups is 1. The molecule has 0 spiro atoms. The molecule has 2 N–H and O–H groups in total. The molecule has 2 rings (SSSR count). The predicted molar refractivity (Wildman–Crippen MR) is 117 cm³/mol. The van der Waals surface area contributed by atoms with E-state index >= 15 is 0 Å². The Hall–Kier alpha value is -1.69. The van der Waals surface area contributed by atoms with E-state index in [-0.39, 0.29) is 11.3 Å². The first-order valence-corrected chi connectivity index (χ1v) is 10.3. The number of fused-ring (bicyclic) bond motifs is 1.